The van der Waals surface area contributed by atoms with Crippen molar-refractivity contribution in [2.45, 2.75) is 39.8 Å². The molecule has 2 aromatic rings. The number of carbonyl (C=O) groups is 2. The van der Waals surface area contributed by atoms with Gasteiger partial charge in [-0.15, -0.1) is 0 Å². The van der Waals surface area contributed by atoms with Gasteiger partial charge in [-0.05, 0) is 49.6 Å². The summed E-state index contributed by atoms with van der Waals surface area (Å²) in [7, 11) is 1.55. The number of carbonyl (C=O) groups excluding carboxylic acids is 2. The van der Waals surface area contributed by atoms with Crippen LogP contribution in [0.25, 0.3) is 0 Å². The van der Waals surface area contributed by atoms with Gasteiger partial charge in [-0.1, -0.05) is 53.9 Å². The third kappa shape index (κ3) is 6.12. The van der Waals surface area contributed by atoms with Crippen molar-refractivity contribution >= 4 is 35.0 Å². The number of halogens is 2. The fourth-order valence-electron chi connectivity index (χ4n) is 3.10. The summed E-state index contributed by atoms with van der Waals surface area (Å²) in [4.78, 5) is 26.9. The number of aryl methyl sites for hydroxylation is 2. The molecule has 0 aliphatic carbocycles. The van der Waals surface area contributed by atoms with Crippen molar-refractivity contribution in [1.29, 1.82) is 0 Å². The molecule has 2 amide bonds. The molecule has 0 saturated carbocycles. The summed E-state index contributed by atoms with van der Waals surface area (Å²) < 4.78 is 5.75. The van der Waals surface area contributed by atoms with Gasteiger partial charge in [-0.25, -0.2) is 0 Å². The van der Waals surface area contributed by atoms with E-state index in [4.69, 9.17) is 27.9 Å². The summed E-state index contributed by atoms with van der Waals surface area (Å²) in [5.41, 5.74) is 2.85. The Labute approximate surface area is 181 Å². The van der Waals surface area contributed by atoms with Gasteiger partial charge in [0.25, 0.3) is 5.91 Å². The van der Waals surface area contributed by atoms with Gasteiger partial charge in [0.15, 0.2) is 6.61 Å². The highest BCUT2D eigenvalue weighted by Gasteiger charge is 2.28. The largest absolute Gasteiger partial charge is 0.483 e. The fourth-order valence-corrected chi connectivity index (χ4v) is 3.43. The second-order valence-corrected chi connectivity index (χ2v) is 7.68. The maximum absolute atomic E-state index is 13.0. The predicted octanol–water partition coefficient (Wildman–Crippen LogP) is 4.54. The number of likely N-dealkylation sites (N-methyl/N-ethyl adjacent to an activating group) is 1. The van der Waals surface area contributed by atoms with Crippen LogP contribution < -0.4 is 10.1 Å². The predicted molar refractivity (Wildman–Crippen MR) is 117 cm³/mol. The molecule has 7 heteroatoms. The van der Waals surface area contributed by atoms with Gasteiger partial charge in [-0.2, -0.15) is 0 Å². The lowest BCUT2D eigenvalue weighted by Gasteiger charge is -2.30. The summed E-state index contributed by atoms with van der Waals surface area (Å²) in [5.74, 6) is 0.130. The van der Waals surface area contributed by atoms with Crippen LogP contribution in [-0.4, -0.2) is 36.4 Å². The molecule has 1 unspecified atom stereocenters. The summed E-state index contributed by atoms with van der Waals surface area (Å²) in [5, 5.41) is 3.46. The molecule has 0 bridgehead atoms. The van der Waals surface area contributed by atoms with Gasteiger partial charge in [-0.3, -0.25) is 9.59 Å². The van der Waals surface area contributed by atoms with Crippen LogP contribution in [0.2, 0.25) is 10.0 Å². The first-order chi connectivity index (χ1) is 13.8. The highest BCUT2D eigenvalue weighted by molar-refractivity contribution is 6.42. The van der Waals surface area contributed by atoms with Crippen LogP contribution in [0, 0.1) is 13.8 Å². The van der Waals surface area contributed by atoms with Crippen LogP contribution >= 0.6 is 23.2 Å². The monoisotopic (exact) mass is 436 g/mol. The molecule has 29 heavy (non-hydrogen) atoms. The first-order valence-electron chi connectivity index (χ1n) is 9.41. The van der Waals surface area contributed by atoms with Crippen LogP contribution in [0.3, 0.4) is 0 Å². The number of nitrogens with one attached hydrogen (secondary N) is 1. The Morgan fingerprint density at radius 2 is 1.83 bits per heavy atom. The molecule has 2 aromatic carbocycles. The summed E-state index contributed by atoms with van der Waals surface area (Å²) in [6.45, 7) is 5.84. The van der Waals surface area contributed by atoms with Gasteiger partial charge < -0.3 is 15.0 Å². The molecule has 0 fully saturated rings. The van der Waals surface area contributed by atoms with E-state index in [0.29, 0.717) is 22.2 Å². The van der Waals surface area contributed by atoms with Crippen molar-refractivity contribution in [2.75, 3.05) is 13.7 Å². The number of amides is 2. The fraction of sp³-hybridized carbons (Fsp3) is 0.364. The quantitative estimate of drug-likeness (QED) is 0.660. The zero-order valence-corrected chi connectivity index (χ0v) is 18.6. The molecule has 0 saturated heterocycles. The topological polar surface area (TPSA) is 58.6 Å². The second kappa shape index (κ2) is 10.5. The van der Waals surface area contributed by atoms with E-state index in [0.717, 1.165) is 16.7 Å². The SMILES string of the molecule is CCC(C(=O)NC)N(Cc1ccc(Cl)c(Cl)c1)C(=O)COc1ccc(C)cc1C. The van der Waals surface area contributed by atoms with Gasteiger partial charge >= 0.3 is 0 Å². The average molecular weight is 437 g/mol. The van der Waals surface area contributed by atoms with Crippen molar-refractivity contribution in [2.24, 2.45) is 0 Å². The van der Waals surface area contributed by atoms with Gasteiger partial charge in [0.05, 0.1) is 10.0 Å². The smallest absolute Gasteiger partial charge is 0.261 e. The minimum absolute atomic E-state index is 0.168. The van der Waals surface area contributed by atoms with E-state index in [9.17, 15) is 9.59 Å². The highest BCUT2D eigenvalue weighted by atomic mass is 35.5. The van der Waals surface area contributed by atoms with Crippen LogP contribution in [0.15, 0.2) is 36.4 Å². The molecule has 0 radical (unpaired) electrons. The summed E-state index contributed by atoms with van der Waals surface area (Å²) in [6.07, 6.45) is 0.469. The van der Waals surface area contributed by atoms with Crippen molar-refractivity contribution < 1.29 is 14.3 Å². The molecule has 0 heterocycles. The molecular weight excluding hydrogens is 411 g/mol. The highest BCUT2D eigenvalue weighted by Crippen LogP contribution is 2.24. The van der Waals surface area contributed by atoms with Crippen LogP contribution in [-0.2, 0) is 16.1 Å². The first kappa shape index (κ1) is 23.0. The number of hydrogen-bond donors (Lipinski definition) is 1. The third-order valence-electron chi connectivity index (χ3n) is 4.65. The summed E-state index contributed by atoms with van der Waals surface area (Å²) >= 11 is 12.1. The lowest BCUT2D eigenvalue weighted by Crippen LogP contribution is -2.49. The Hall–Kier alpha value is -2.24. The number of hydrogen-bond acceptors (Lipinski definition) is 3. The molecule has 1 atom stereocenters. The van der Waals surface area contributed by atoms with E-state index in [1.807, 2.05) is 39.0 Å². The minimum atomic E-state index is -0.621. The Kier molecular flexibility index (Phi) is 8.35. The Bertz CT molecular complexity index is 886. The van der Waals surface area contributed by atoms with Crippen molar-refractivity contribution in [1.82, 2.24) is 10.2 Å². The van der Waals surface area contributed by atoms with Gasteiger partial charge in [0.2, 0.25) is 5.91 Å². The molecule has 156 valence electrons. The van der Waals surface area contributed by atoms with E-state index in [2.05, 4.69) is 5.32 Å². The third-order valence-corrected chi connectivity index (χ3v) is 5.39. The molecule has 1 N–H and O–H groups in total. The Morgan fingerprint density at radius 1 is 1.10 bits per heavy atom. The molecule has 0 spiro atoms. The molecule has 5 nitrogen and oxygen atoms in total. The lowest BCUT2D eigenvalue weighted by atomic mass is 10.1. The Morgan fingerprint density at radius 3 is 2.41 bits per heavy atom. The standard InChI is InChI=1S/C22H26Cl2N2O3/c1-5-19(22(28)25-4)26(12-16-7-8-17(23)18(24)11-16)21(27)13-29-20-9-6-14(2)10-15(20)3/h6-11,19H,5,12-13H2,1-4H3,(H,25,28). The minimum Gasteiger partial charge on any atom is -0.483 e. The van der Waals surface area contributed by atoms with E-state index in [1.165, 1.54) is 4.90 Å². The number of nitrogens with zero attached hydrogens (tertiary/aromatic N) is 1. The van der Waals surface area contributed by atoms with Gasteiger partial charge in [0, 0.05) is 13.6 Å². The molecular formula is C22H26Cl2N2O3. The zero-order valence-electron chi connectivity index (χ0n) is 17.1. The van der Waals surface area contributed by atoms with Crippen LogP contribution in [0.5, 0.6) is 5.75 Å². The molecule has 0 aliphatic heterocycles. The van der Waals surface area contributed by atoms with E-state index in [1.54, 1.807) is 25.2 Å². The molecule has 2 rings (SSSR count). The Balaban J connectivity index is 2.23. The maximum atomic E-state index is 13.0. The van der Waals surface area contributed by atoms with Gasteiger partial charge in [0.1, 0.15) is 11.8 Å². The molecule has 0 aromatic heterocycles. The van der Waals surface area contributed by atoms with Crippen molar-refractivity contribution in [3.8, 4) is 5.75 Å². The van der Waals surface area contributed by atoms with E-state index in [-0.39, 0.29) is 25.0 Å². The van der Waals surface area contributed by atoms with Crippen LogP contribution in [0.4, 0.5) is 0 Å². The number of ether oxygens (including phenoxy) is 1. The molecule has 0 aliphatic rings. The second-order valence-electron chi connectivity index (χ2n) is 6.87. The van der Waals surface area contributed by atoms with Crippen molar-refractivity contribution in [3.63, 3.8) is 0 Å². The average Bonchev–Trinajstić information content (AvgIpc) is 2.69. The van der Waals surface area contributed by atoms with E-state index >= 15 is 0 Å². The summed E-state index contributed by atoms with van der Waals surface area (Å²) in [6, 6.07) is 10.3. The normalized spacial score (nSPS) is 11.7. The maximum Gasteiger partial charge on any atom is 0.261 e. The number of benzene rings is 2. The lowest BCUT2D eigenvalue weighted by molar-refractivity contribution is -0.142. The number of rotatable bonds is 8. The van der Waals surface area contributed by atoms with E-state index < -0.39 is 6.04 Å². The van der Waals surface area contributed by atoms with Crippen LogP contribution in [0.1, 0.15) is 30.0 Å². The first-order valence-corrected chi connectivity index (χ1v) is 10.2. The van der Waals surface area contributed by atoms with Crippen molar-refractivity contribution in [3.05, 3.63) is 63.1 Å². The zero-order chi connectivity index (χ0) is 21.6.